The first-order valence-corrected chi connectivity index (χ1v) is 8.63. The lowest BCUT2D eigenvalue weighted by Gasteiger charge is -2.32. The van der Waals surface area contributed by atoms with Crippen molar-refractivity contribution in [1.29, 1.82) is 0 Å². The second-order valence-electron chi connectivity index (χ2n) is 6.20. The summed E-state index contributed by atoms with van der Waals surface area (Å²) in [5.74, 6) is 0.907. The zero-order valence-electron chi connectivity index (χ0n) is 12.4. The molecule has 3 rings (SSSR count). The molecule has 0 radical (unpaired) electrons. The summed E-state index contributed by atoms with van der Waals surface area (Å²) in [7, 11) is 0. The van der Waals surface area contributed by atoms with Crippen LogP contribution < -0.4 is 5.32 Å². The van der Waals surface area contributed by atoms with E-state index in [4.69, 9.17) is 5.11 Å². The van der Waals surface area contributed by atoms with Crippen LogP contribution in [-0.4, -0.2) is 40.7 Å². The van der Waals surface area contributed by atoms with Crippen LogP contribution in [0.3, 0.4) is 0 Å². The molecule has 6 heteroatoms. The van der Waals surface area contributed by atoms with Crippen molar-refractivity contribution in [2.24, 2.45) is 11.8 Å². The van der Waals surface area contributed by atoms with E-state index in [0.29, 0.717) is 11.8 Å². The lowest BCUT2D eigenvalue weighted by molar-refractivity contribution is 0.135. The van der Waals surface area contributed by atoms with Gasteiger partial charge in [-0.15, -0.1) is 11.3 Å². The normalized spacial score (nSPS) is 21.3. The highest BCUT2D eigenvalue weighted by Crippen LogP contribution is 2.42. The predicted octanol–water partition coefficient (Wildman–Crippen LogP) is 2.32. The number of hydrogen-bond acceptors (Lipinski definition) is 4. The zero-order valence-corrected chi connectivity index (χ0v) is 13.2. The van der Waals surface area contributed by atoms with Gasteiger partial charge in [-0.25, -0.2) is 9.78 Å². The SMILES string of the molecule is Cc1csc(C(NC(=O)N2CCC(CO)CC2)C2CC2)n1. The molecule has 0 bridgehead atoms. The highest BCUT2D eigenvalue weighted by molar-refractivity contribution is 7.09. The number of aromatic nitrogens is 1. The maximum absolute atomic E-state index is 12.4. The Hall–Kier alpha value is -1.14. The van der Waals surface area contributed by atoms with Crippen molar-refractivity contribution < 1.29 is 9.90 Å². The van der Waals surface area contributed by atoms with E-state index < -0.39 is 0 Å². The molecule has 2 aliphatic rings. The summed E-state index contributed by atoms with van der Waals surface area (Å²) in [6.45, 7) is 3.71. The molecule has 116 valence electrons. The van der Waals surface area contributed by atoms with E-state index in [0.717, 1.165) is 36.6 Å². The first-order chi connectivity index (χ1) is 10.2. The van der Waals surface area contributed by atoms with Crippen molar-refractivity contribution in [1.82, 2.24) is 15.2 Å². The monoisotopic (exact) mass is 309 g/mol. The first-order valence-electron chi connectivity index (χ1n) is 7.75. The van der Waals surface area contributed by atoms with Gasteiger partial charge < -0.3 is 15.3 Å². The van der Waals surface area contributed by atoms with Crippen molar-refractivity contribution >= 4 is 17.4 Å². The number of piperidine rings is 1. The molecular weight excluding hydrogens is 286 g/mol. The Morgan fingerprint density at radius 3 is 2.71 bits per heavy atom. The van der Waals surface area contributed by atoms with Crippen LogP contribution in [0.5, 0.6) is 0 Å². The molecular formula is C15H23N3O2S. The lowest BCUT2D eigenvalue weighted by atomic mass is 9.98. The van der Waals surface area contributed by atoms with Gasteiger partial charge >= 0.3 is 6.03 Å². The van der Waals surface area contributed by atoms with Crippen molar-refractivity contribution in [3.8, 4) is 0 Å². The third-order valence-electron chi connectivity index (χ3n) is 4.44. The second kappa shape index (κ2) is 6.32. The van der Waals surface area contributed by atoms with E-state index in [1.807, 2.05) is 17.2 Å². The van der Waals surface area contributed by atoms with Crippen LogP contribution in [0.4, 0.5) is 4.79 Å². The first kappa shape index (κ1) is 14.8. The number of hydrogen-bond donors (Lipinski definition) is 2. The average molecular weight is 309 g/mol. The van der Waals surface area contributed by atoms with Crippen LogP contribution in [0.1, 0.15) is 42.4 Å². The highest BCUT2D eigenvalue weighted by atomic mass is 32.1. The van der Waals surface area contributed by atoms with Crippen LogP contribution in [0.2, 0.25) is 0 Å². The number of aliphatic hydroxyl groups excluding tert-OH is 1. The Morgan fingerprint density at radius 2 is 2.19 bits per heavy atom. The fourth-order valence-electron chi connectivity index (χ4n) is 2.87. The highest BCUT2D eigenvalue weighted by Gasteiger charge is 2.36. The van der Waals surface area contributed by atoms with Crippen LogP contribution >= 0.6 is 11.3 Å². The number of nitrogens with zero attached hydrogens (tertiary/aromatic N) is 2. The summed E-state index contributed by atoms with van der Waals surface area (Å²) < 4.78 is 0. The van der Waals surface area contributed by atoms with E-state index in [1.165, 1.54) is 12.8 Å². The van der Waals surface area contributed by atoms with Crippen molar-refractivity contribution in [2.45, 2.75) is 38.6 Å². The molecule has 21 heavy (non-hydrogen) atoms. The zero-order chi connectivity index (χ0) is 14.8. The fourth-order valence-corrected chi connectivity index (χ4v) is 3.81. The molecule has 0 spiro atoms. The molecule has 2 heterocycles. The molecule has 1 atom stereocenters. The summed E-state index contributed by atoms with van der Waals surface area (Å²) in [6.07, 6.45) is 4.15. The Balaban J connectivity index is 1.60. The third-order valence-corrected chi connectivity index (χ3v) is 5.48. The minimum absolute atomic E-state index is 0.0242. The molecule has 2 N–H and O–H groups in total. The topological polar surface area (TPSA) is 65.5 Å². The molecule has 1 aromatic heterocycles. The molecule has 2 fully saturated rings. The minimum Gasteiger partial charge on any atom is -0.396 e. The van der Waals surface area contributed by atoms with E-state index >= 15 is 0 Å². The number of aryl methyl sites for hydroxylation is 1. The molecule has 5 nitrogen and oxygen atoms in total. The van der Waals surface area contributed by atoms with E-state index in [1.54, 1.807) is 11.3 Å². The van der Waals surface area contributed by atoms with Gasteiger partial charge in [-0.3, -0.25) is 0 Å². The van der Waals surface area contributed by atoms with Gasteiger partial charge in [0.25, 0.3) is 0 Å². The fraction of sp³-hybridized carbons (Fsp3) is 0.733. The quantitative estimate of drug-likeness (QED) is 0.897. The summed E-state index contributed by atoms with van der Waals surface area (Å²) in [6, 6.07) is 0.0999. The molecule has 1 aliphatic carbocycles. The molecule has 2 amide bonds. The second-order valence-corrected chi connectivity index (χ2v) is 7.09. The Kier molecular flexibility index (Phi) is 4.45. The van der Waals surface area contributed by atoms with Gasteiger partial charge in [0.1, 0.15) is 5.01 Å². The van der Waals surface area contributed by atoms with Gasteiger partial charge in [0.15, 0.2) is 0 Å². The Bertz CT molecular complexity index is 493. The number of rotatable bonds is 4. The number of urea groups is 1. The molecule has 1 saturated heterocycles. The minimum atomic E-state index is 0.0242. The van der Waals surface area contributed by atoms with Crippen LogP contribution in [-0.2, 0) is 0 Å². The number of amides is 2. The molecule has 1 aliphatic heterocycles. The Labute approximate surface area is 129 Å². The molecule has 1 saturated carbocycles. The number of likely N-dealkylation sites (tertiary alicyclic amines) is 1. The predicted molar refractivity (Wildman–Crippen MR) is 82.2 cm³/mol. The molecule has 1 aromatic rings. The lowest BCUT2D eigenvalue weighted by Crippen LogP contribution is -2.46. The molecule has 1 unspecified atom stereocenters. The van der Waals surface area contributed by atoms with Gasteiger partial charge in [-0.1, -0.05) is 0 Å². The standard InChI is InChI=1S/C15H23N3O2S/c1-10-9-21-14(16-10)13(12-2-3-12)17-15(20)18-6-4-11(8-19)5-7-18/h9,11-13,19H,2-8H2,1H3,(H,17,20). The number of carbonyl (C=O) groups is 1. The third kappa shape index (κ3) is 3.55. The van der Waals surface area contributed by atoms with Crippen molar-refractivity contribution in [3.05, 3.63) is 16.1 Å². The number of nitrogens with one attached hydrogen (secondary N) is 1. The Morgan fingerprint density at radius 1 is 1.48 bits per heavy atom. The van der Waals surface area contributed by atoms with Crippen molar-refractivity contribution in [2.75, 3.05) is 19.7 Å². The van der Waals surface area contributed by atoms with Gasteiger partial charge in [0.2, 0.25) is 0 Å². The van der Waals surface area contributed by atoms with E-state index in [-0.39, 0.29) is 18.7 Å². The number of thiazole rings is 1. The maximum Gasteiger partial charge on any atom is 0.317 e. The number of aliphatic hydroxyl groups is 1. The van der Waals surface area contributed by atoms with E-state index in [2.05, 4.69) is 10.3 Å². The summed E-state index contributed by atoms with van der Waals surface area (Å²) in [4.78, 5) is 18.9. The van der Waals surface area contributed by atoms with Crippen LogP contribution in [0, 0.1) is 18.8 Å². The summed E-state index contributed by atoms with van der Waals surface area (Å²) >= 11 is 1.64. The largest absolute Gasteiger partial charge is 0.396 e. The van der Waals surface area contributed by atoms with Crippen LogP contribution in [0.25, 0.3) is 0 Å². The van der Waals surface area contributed by atoms with Gasteiger partial charge in [0, 0.05) is 30.8 Å². The summed E-state index contributed by atoms with van der Waals surface area (Å²) in [5.41, 5.74) is 1.03. The van der Waals surface area contributed by atoms with Crippen LogP contribution in [0.15, 0.2) is 5.38 Å². The van der Waals surface area contributed by atoms with Crippen molar-refractivity contribution in [3.63, 3.8) is 0 Å². The summed E-state index contributed by atoms with van der Waals surface area (Å²) in [5, 5.41) is 15.4. The maximum atomic E-state index is 12.4. The number of carbonyl (C=O) groups excluding carboxylic acids is 1. The van der Waals surface area contributed by atoms with Gasteiger partial charge in [0.05, 0.1) is 6.04 Å². The average Bonchev–Trinajstić information content (AvgIpc) is 3.26. The van der Waals surface area contributed by atoms with Gasteiger partial charge in [-0.2, -0.15) is 0 Å². The molecule has 0 aromatic carbocycles. The smallest absolute Gasteiger partial charge is 0.317 e. The van der Waals surface area contributed by atoms with Gasteiger partial charge in [-0.05, 0) is 44.4 Å². The van der Waals surface area contributed by atoms with E-state index in [9.17, 15) is 4.79 Å².